The zero-order valence-electron chi connectivity index (χ0n) is 10.2. The van der Waals surface area contributed by atoms with Crippen LogP contribution in [0.5, 0.6) is 11.5 Å². The van der Waals surface area contributed by atoms with Crippen LogP contribution in [0.4, 0.5) is 0 Å². The molecule has 1 atom stereocenters. The first-order valence-electron chi connectivity index (χ1n) is 5.37. The molecule has 19 heavy (non-hydrogen) atoms. The second-order valence-corrected chi connectivity index (χ2v) is 4.95. The summed E-state index contributed by atoms with van der Waals surface area (Å²) in [6, 6.07) is 6.69. The van der Waals surface area contributed by atoms with Crippen molar-refractivity contribution in [3.05, 3.63) is 45.8 Å². The highest BCUT2D eigenvalue weighted by atomic mass is 35.5. The summed E-state index contributed by atoms with van der Waals surface area (Å²) in [5.41, 5.74) is 0.659. The summed E-state index contributed by atoms with van der Waals surface area (Å²) in [5.74, 6) is 1.60. The zero-order chi connectivity index (χ0) is 14.0. The van der Waals surface area contributed by atoms with Crippen LogP contribution in [-0.2, 0) is 0 Å². The fourth-order valence-corrected chi connectivity index (χ4v) is 2.45. The van der Waals surface area contributed by atoms with Crippen molar-refractivity contribution in [2.45, 2.75) is 5.38 Å². The molecular formula is C13H11Cl3O3. The molecule has 1 heterocycles. The molecule has 2 rings (SSSR count). The van der Waals surface area contributed by atoms with Crippen LogP contribution in [0.3, 0.4) is 0 Å². The number of furan rings is 1. The summed E-state index contributed by atoms with van der Waals surface area (Å²) in [5, 5.41) is 0.183. The Morgan fingerprint density at radius 1 is 1.05 bits per heavy atom. The Bertz CT molecular complexity index is 581. The zero-order valence-corrected chi connectivity index (χ0v) is 12.5. The molecule has 0 aliphatic heterocycles. The van der Waals surface area contributed by atoms with E-state index in [9.17, 15) is 0 Å². The van der Waals surface area contributed by atoms with Crippen LogP contribution in [0, 0.1) is 0 Å². The molecule has 2 aromatic rings. The molecule has 0 aliphatic rings. The van der Waals surface area contributed by atoms with Crippen molar-refractivity contribution < 1.29 is 13.9 Å². The van der Waals surface area contributed by atoms with Gasteiger partial charge in [-0.1, -0.05) is 11.6 Å². The van der Waals surface area contributed by atoms with E-state index in [2.05, 4.69) is 0 Å². The summed E-state index contributed by atoms with van der Waals surface area (Å²) in [4.78, 5) is 0. The van der Waals surface area contributed by atoms with Gasteiger partial charge in [0.1, 0.15) is 11.1 Å². The first-order chi connectivity index (χ1) is 9.06. The normalized spacial score (nSPS) is 12.3. The summed E-state index contributed by atoms with van der Waals surface area (Å²) < 4.78 is 15.7. The Balaban J connectivity index is 2.44. The quantitative estimate of drug-likeness (QED) is 0.748. The van der Waals surface area contributed by atoms with Crippen LogP contribution in [0.1, 0.15) is 16.7 Å². The molecular weight excluding hydrogens is 310 g/mol. The Morgan fingerprint density at radius 3 is 2.21 bits per heavy atom. The van der Waals surface area contributed by atoms with Crippen LogP contribution in [-0.4, -0.2) is 14.2 Å². The van der Waals surface area contributed by atoms with Crippen molar-refractivity contribution in [1.29, 1.82) is 0 Å². The van der Waals surface area contributed by atoms with Crippen molar-refractivity contribution in [2.75, 3.05) is 14.2 Å². The van der Waals surface area contributed by atoms with Crippen molar-refractivity contribution in [2.24, 2.45) is 0 Å². The monoisotopic (exact) mass is 320 g/mol. The molecule has 1 unspecified atom stereocenters. The molecule has 0 saturated carbocycles. The first kappa shape index (κ1) is 14.4. The number of hydrogen-bond donors (Lipinski definition) is 0. The van der Waals surface area contributed by atoms with Crippen LogP contribution >= 0.6 is 34.8 Å². The first-order valence-corrected chi connectivity index (χ1v) is 6.56. The van der Waals surface area contributed by atoms with E-state index in [1.807, 2.05) is 0 Å². The number of alkyl halides is 1. The number of hydrogen-bond acceptors (Lipinski definition) is 3. The summed E-state index contributed by atoms with van der Waals surface area (Å²) in [6.45, 7) is 0. The second kappa shape index (κ2) is 5.95. The molecule has 0 bridgehead atoms. The number of rotatable bonds is 4. The van der Waals surface area contributed by atoms with Gasteiger partial charge in [-0.05, 0) is 29.8 Å². The highest BCUT2D eigenvalue weighted by molar-refractivity contribution is 6.33. The van der Waals surface area contributed by atoms with Crippen molar-refractivity contribution >= 4 is 34.8 Å². The third-order valence-electron chi connectivity index (χ3n) is 2.62. The van der Waals surface area contributed by atoms with E-state index in [4.69, 9.17) is 48.7 Å². The lowest BCUT2D eigenvalue weighted by Gasteiger charge is -2.14. The predicted octanol–water partition coefficient (Wildman–Crippen LogP) is 4.93. The summed E-state index contributed by atoms with van der Waals surface area (Å²) >= 11 is 18.3. The molecule has 0 spiro atoms. The van der Waals surface area contributed by atoms with E-state index in [1.54, 1.807) is 38.5 Å². The van der Waals surface area contributed by atoms with Gasteiger partial charge in [0.2, 0.25) is 0 Å². The van der Waals surface area contributed by atoms with Crippen LogP contribution in [0.15, 0.2) is 28.7 Å². The van der Waals surface area contributed by atoms with Crippen molar-refractivity contribution in [3.8, 4) is 11.5 Å². The number of methoxy groups -OCH3 is 2. The van der Waals surface area contributed by atoms with E-state index in [0.717, 1.165) is 0 Å². The van der Waals surface area contributed by atoms with E-state index in [1.165, 1.54) is 0 Å². The second-order valence-electron chi connectivity index (χ2n) is 3.73. The number of halogens is 3. The number of benzene rings is 1. The van der Waals surface area contributed by atoms with Crippen LogP contribution in [0.2, 0.25) is 10.2 Å². The molecule has 102 valence electrons. The maximum Gasteiger partial charge on any atom is 0.193 e. The van der Waals surface area contributed by atoms with E-state index >= 15 is 0 Å². The van der Waals surface area contributed by atoms with Gasteiger partial charge < -0.3 is 13.9 Å². The van der Waals surface area contributed by atoms with Crippen molar-refractivity contribution in [3.63, 3.8) is 0 Å². The molecule has 3 nitrogen and oxygen atoms in total. The Labute approximate surface area is 126 Å². The Hall–Kier alpha value is -1.03. The molecule has 1 aromatic carbocycles. The predicted molar refractivity (Wildman–Crippen MR) is 76.0 cm³/mol. The Morgan fingerprint density at radius 2 is 1.68 bits per heavy atom. The van der Waals surface area contributed by atoms with Gasteiger partial charge in [-0.2, -0.15) is 0 Å². The van der Waals surface area contributed by atoms with E-state index in [-0.39, 0.29) is 5.22 Å². The summed E-state index contributed by atoms with van der Waals surface area (Å²) in [7, 11) is 3.08. The van der Waals surface area contributed by atoms with Crippen LogP contribution < -0.4 is 9.47 Å². The Kier molecular flexibility index (Phi) is 4.50. The van der Waals surface area contributed by atoms with E-state index < -0.39 is 5.38 Å². The molecule has 0 aliphatic carbocycles. The van der Waals surface area contributed by atoms with Gasteiger partial charge in [0, 0.05) is 16.7 Å². The highest BCUT2D eigenvalue weighted by Gasteiger charge is 2.20. The maximum atomic E-state index is 6.34. The van der Waals surface area contributed by atoms with Gasteiger partial charge in [0.25, 0.3) is 0 Å². The standard InChI is InChI=1S/C13H11Cl3O3/c1-17-10-5-7(8(14)6-11(10)18-2)13(16)9-3-4-12(15)19-9/h3-6,13H,1-2H3. The highest BCUT2D eigenvalue weighted by Crippen LogP contribution is 2.41. The number of ether oxygens (including phenoxy) is 2. The minimum Gasteiger partial charge on any atom is -0.493 e. The smallest absolute Gasteiger partial charge is 0.193 e. The van der Waals surface area contributed by atoms with Gasteiger partial charge >= 0.3 is 0 Å². The van der Waals surface area contributed by atoms with Crippen molar-refractivity contribution in [1.82, 2.24) is 0 Å². The van der Waals surface area contributed by atoms with Gasteiger partial charge in [0.15, 0.2) is 16.7 Å². The largest absolute Gasteiger partial charge is 0.493 e. The minimum absolute atomic E-state index is 0.275. The molecule has 0 saturated heterocycles. The van der Waals surface area contributed by atoms with E-state index in [0.29, 0.717) is 27.8 Å². The van der Waals surface area contributed by atoms with Gasteiger partial charge in [0.05, 0.1) is 14.2 Å². The molecule has 6 heteroatoms. The molecule has 0 N–H and O–H groups in total. The molecule has 0 amide bonds. The topological polar surface area (TPSA) is 31.6 Å². The molecule has 0 fully saturated rings. The SMILES string of the molecule is COc1cc(Cl)c(C(Cl)c2ccc(Cl)o2)cc1OC. The fraction of sp³-hybridized carbons (Fsp3) is 0.231. The van der Waals surface area contributed by atoms with Crippen LogP contribution in [0.25, 0.3) is 0 Å². The van der Waals surface area contributed by atoms with Gasteiger partial charge in [-0.25, -0.2) is 0 Å². The van der Waals surface area contributed by atoms with Gasteiger partial charge in [-0.3, -0.25) is 0 Å². The van der Waals surface area contributed by atoms with Gasteiger partial charge in [-0.15, -0.1) is 11.6 Å². The fourth-order valence-electron chi connectivity index (χ4n) is 1.68. The third-order valence-corrected chi connectivity index (χ3v) is 3.60. The lowest BCUT2D eigenvalue weighted by molar-refractivity contribution is 0.354. The lowest BCUT2D eigenvalue weighted by Crippen LogP contribution is -1.97. The molecule has 1 aromatic heterocycles. The lowest BCUT2D eigenvalue weighted by atomic mass is 10.1. The summed E-state index contributed by atoms with van der Waals surface area (Å²) in [6.07, 6.45) is 0. The molecule has 0 radical (unpaired) electrons. The third kappa shape index (κ3) is 2.94. The average molecular weight is 322 g/mol. The average Bonchev–Trinajstić information content (AvgIpc) is 2.84. The maximum absolute atomic E-state index is 6.34. The minimum atomic E-state index is -0.556.